The molecule has 0 unspecified atom stereocenters. The SMILES string of the molecule is Cc1ccc2cc(N3CCC4(CC3)CC(=Cc3c(-c5ccccc5C(F)(F)F)noc3C(F)(F)F)C4)ccc2n1. The number of allylic oxidation sites excluding steroid dienone is 1. The summed E-state index contributed by atoms with van der Waals surface area (Å²) >= 11 is 0. The molecule has 2 aromatic carbocycles. The molecule has 4 aromatic rings. The van der Waals surface area contributed by atoms with Crippen LogP contribution < -0.4 is 4.90 Å². The topological polar surface area (TPSA) is 42.2 Å². The number of hydrogen-bond donors (Lipinski definition) is 0. The van der Waals surface area contributed by atoms with E-state index in [4.69, 9.17) is 0 Å². The lowest BCUT2D eigenvalue weighted by Gasteiger charge is -2.50. The van der Waals surface area contributed by atoms with E-state index in [0.29, 0.717) is 12.8 Å². The van der Waals surface area contributed by atoms with Gasteiger partial charge in [-0.2, -0.15) is 26.3 Å². The normalized spacial score (nSPS) is 17.4. The van der Waals surface area contributed by atoms with Gasteiger partial charge in [0.25, 0.3) is 0 Å². The molecule has 2 aromatic heterocycles. The second-order valence-corrected chi connectivity index (χ2v) is 10.8. The van der Waals surface area contributed by atoms with Crippen molar-refractivity contribution in [2.24, 2.45) is 5.41 Å². The number of halogens is 6. The van der Waals surface area contributed by atoms with Gasteiger partial charge in [-0.15, -0.1) is 0 Å². The van der Waals surface area contributed by atoms with Crippen LogP contribution in [0, 0.1) is 12.3 Å². The number of alkyl halides is 6. The van der Waals surface area contributed by atoms with E-state index in [2.05, 4.69) is 37.8 Å². The first-order chi connectivity index (χ1) is 18.9. The van der Waals surface area contributed by atoms with Gasteiger partial charge in [0.05, 0.1) is 16.6 Å². The molecule has 0 bridgehead atoms. The molecule has 40 heavy (non-hydrogen) atoms. The molecule has 0 amide bonds. The van der Waals surface area contributed by atoms with Crippen molar-refractivity contribution in [2.45, 2.75) is 45.0 Å². The van der Waals surface area contributed by atoms with Crippen molar-refractivity contribution >= 4 is 22.7 Å². The fourth-order valence-electron chi connectivity index (χ4n) is 5.99. The molecule has 10 heteroatoms. The molecule has 0 atom stereocenters. The van der Waals surface area contributed by atoms with Crippen molar-refractivity contribution in [1.29, 1.82) is 0 Å². The highest BCUT2D eigenvalue weighted by Crippen LogP contribution is 2.54. The van der Waals surface area contributed by atoms with Gasteiger partial charge < -0.3 is 9.42 Å². The number of aromatic nitrogens is 2. The van der Waals surface area contributed by atoms with Gasteiger partial charge in [-0.25, -0.2) is 0 Å². The predicted octanol–water partition coefficient (Wildman–Crippen LogP) is 8.70. The Morgan fingerprint density at radius 1 is 0.900 bits per heavy atom. The monoisotopic (exact) mass is 557 g/mol. The van der Waals surface area contributed by atoms with Gasteiger partial charge >= 0.3 is 12.4 Å². The lowest BCUT2D eigenvalue weighted by atomic mass is 9.60. The highest BCUT2D eigenvalue weighted by Gasteiger charge is 2.45. The summed E-state index contributed by atoms with van der Waals surface area (Å²) in [5.41, 5.74) is 1.32. The molecular weight excluding hydrogens is 532 g/mol. The average molecular weight is 558 g/mol. The summed E-state index contributed by atoms with van der Waals surface area (Å²) in [6.07, 6.45) is -5.41. The van der Waals surface area contributed by atoms with Crippen LogP contribution in [0.1, 0.15) is 48.3 Å². The van der Waals surface area contributed by atoms with Crippen molar-refractivity contribution in [3.63, 3.8) is 0 Å². The first kappa shape index (κ1) is 26.4. The molecule has 2 aliphatic rings. The fourth-order valence-corrected chi connectivity index (χ4v) is 5.99. The number of fused-ring (bicyclic) bond motifs is 1. The van der Waals surface area contributed by atoms with Crippen molar-refractivity contribution in [1.82, 2.24) is 10.1 Å². The third kappa shape index (κ3) is 4.84. The highest BCUT2D eigenvalue weighted by molar-refractivity contribution is 5.83. The van der Waals surface area contributed by atoms with Gasteiger partial charge in [-0.1, -0.05) is 35.0 Å². The largest absolute Gasteiger partial charge is 0.453 e. The molecule has 1 saturated heterocycles. The van der Waals surface area contributed by atoms with E-state index in [1.54, 1.807) is 0 Å². The molecule has 1 aliphatic carbocycles. The number of aryl methyl sites for hydroxylation is 1. The zero-order valence-corrected chi connectivity index (χ0v) is 21.5. The van der Waals surface area contributed by atoms with Gasteiger partial charge in [-0.3, -0.25) is 4.98 Å². The van der Waals surface area contributed by atoms with Crippen molar-refractivity contribution in [2.75, 3.05) is 18.0 Å². The van der Waals surface area contributed by atoms with Gasteiger partial charge in [0.15, 0.2) is 0 Å². The van der Waals surface area contributed by atoms with Crippen LogP contribution in [0.5, 0.6) is 0 Å². The Morgan fingerprint density at radius 2 is 1.62 bits per heavy atom. The van der Waals surface area contributed by atoms with Gasteiger partial charge in [0, 0.05) is 35.4 Å². The molecule has 3 heterocycles. The second-order valence-electron chi connectivity index (χ2n) is 10.8. The Labute approximate surface area is 226 Å². The Kier molecular flexibility index (Phi) is 6.19. The minimum absolute atomic E-state index is 0.0303. The molecule has 2 fully saturated rings. The van der Waals surface area contributed by atoms with Gasteiger partial charge in [0.2, 0.25) is 5.76 Å². The fraction of sp³-hybridized carbons (Fsp3) is 0.333. The first-order valence-corrected chi connectivity index (χ1v) is 13.0. The lowest BCUT2D eigenvalue weighted by molar-refractivity contribution is -0.155. The maximum atomic E-state index is 13.8. The van der Waals surface area contributed by atoms with E-state index in [-0.39, 0.29) is 5.41 Å². The summed E-state index contributed by atoms with van der Waals surface area (Å²) in [5, 5.41) is 4.53. The quantitative estimate of drug-likeness (QED) is 0.236. The number of hydrogen-bond acceptors (Lipinski definition) is 4. The Hall–Kier alpha value is -3.82. The van der Waals surface area contributed by atoms with Crippen LogP contribution in [0.25, 0.3) is 28.2 Å². The summed E-state index contributed by atoms with van der Waals surface area (Å²) < 4.78 is 86.8. The van der Waals surface area contributed by atoms with Gasteiger partial charge in [0.1, 0.15) is 5.69 Å². The minimum Gasteiger partial charge on any atom is -0.371 e. The van der Waals surface area contributed by atoms with Crippen LogP contribution in [0.3, 0.4) is 0 Å². The van der Waals surface area contributed by atoms with Crippen molar-refractivity contribution in [3.05, 3.63) is 82.8 Å². The zero-order chi connectivity index (χ0) is 28.3. The number of nitrogens with zero attached hydrogens (tertiary/aromatic N) is 3. The van der Waals surface area contributed by atoms with Crippen LogP contribution in [-0.4, -0.2) is 23.2 Å². The summed E-state index contributed by atoms with van der Waals surface area (Å²) in [5.74, 6) is -1.39. The lowest BCUT2D eigenvalue weighted by Crippen LogP contribution is -2.44. The first-order valence-electron chi connectivity index (χ1n) is 13.0. The van der Waals surface area contributed by atoms with Crippen molar-refractivity contribution in [3.8, 4) is 11.3 Å². The molecule has 4 nitrogen and oxygen atoms in total. The third-order valence-electron chi connectivity index (χ3n) is 8.03. The van der Waals surface area contributed by atoms with Crippen LogP contribution in [0.2, 0.25) is 0 Å². The number of anilines is 1. The predicted molar refractivity (Wildman–Crippen MR) is 140 cm³/mol. The Balaban J connectivity index is 1.22. The maximum absolute atomic E-state index is 13.8. The molecule has 6 rings (SSSR count). The molecule has 208 valence electrons. The summed E-state index contributed by atoms with van der Waals surface area (Å²) in [6.45, 7) is 3.57. The van der Waals surface area contributed by atoms with Gasteiger partial charge in [-0.05, 0) is 74.4 Å². The summed E-state index contributed by atoms with van der Waals surface area (Å²) in [4.78, 5) is 6.85. The van der Waals surface area contributed by atoms with E-state index in [0.717, 1.165) is 65.9 Å². The molecule has 1 spiro atoms. The molecule has 1 aliphatic heterocycles. The van der Waals surface area contributed by atoms with E-state index < -0.39 is 40.5 Å². The maximum Gasteiger partial charge on any atom is 0.453 e. The number of piperidine rings is 1. The van der Waals surface area contributed by atoms with Crippen LogP contribution in [0.4, 0.5) is 32.0 Å². The molecule has 1 saturated carbocycles. The summed E-state index contributed by atoms with van der Waals surface area (Å²) in [6, 6.07) is 14.7. The van der Waals surface area contributed by atoms with Crippen LogP contribution >= 0.6 is 0 Å². The number of benzene rings is 2. The summed E-state index contributed by atoms with van der Waals surface area (Å²) in [7, 11) is 0. The highest BCUT2D eigenvalue weighted by atomic mass is 19.4. The average Bonchev–Trinajstić information content (AvgIpc) is 3.31. The molecule has 0 radical (unpaired) electrons. The molecular formula is C30H25F6N3O. The Bertz CT molecular complexity index is 1600. The smallest absolute Gasteiger partial charge is 0.371 e. The second kappa shape index (κ2) is 9.38. The van der Waals surface area contributed by atoms with E-state index in [1.807, 2.05) is 19.1 Å². The standard InChI is InChI=1S/C30H25F6N3O/c1-18-6-7-20-15-21(8-9-25(20)37-18)39-12-10-28(11-13-39)16-19(17-28)14-23-26(38-40-27(23)30(34,35)36)22-4-2-3-5-24(22)29(31,32)33/h2-9,14-15H,10-13,16-17H2,1H3. The van der Waals surface area contributed by atoms with Crippen LogP contribution in [-0.2, 0) is 12.4 Å². The molecule has 0 N–H and O–H groups in total. The van der Waals surface area contributed by atoms with E-state index >= 15 is 0 Å². The van der Waals surface area contributed by atoms with Crippen LogP contribution in [0.15, 0.2) is 64.7 Å². The number of rotatable bonds is 3. The van der Waals surface area contributed by atoms with E-state index in [1.165, 1.54) is 18.2 Å². The van der Waals surface area contributed by atoms with E-state index in [9.17, 15) is 26.3 Å². The minimum atomic E-state index is -4.90. The number of pyridine rings is 1. The zero-order valence-electron chi connectivity index (χ0n) is 21.5. The third-order valence-corrected chi connectivity index (χ3v) is 8.03. The Morgan fingerprint density at radius 3 is 2.33 bits per heavy atom. The van der Waals surface area contributed by atoms with Crippen molar-refractivity contribution < 1.29 is 30.9 Å².